The molecule has 2 aliphatic rings. The summed E-state index contributed by atoms with van der Waals surface area (Å²) in [6.45, 7) is 2.51. The lowest BCUT2D eigenvalue weighted by Gasteiger charge is -2.29. The molecule has 4 rings (SSSR count). The minimum atomic E-state index is -1.23. The topological polar surface area (TPSA) is 108 Å². The molecule has 0 saturated carbocycles. The number of amides is 1. The summed E-state index contributed by atoms with van der Waals surface area (Å²) in [7, 11) is 0. The maximum atomic E-state index is 12.9. The van der Waals surface area contributed by atoms with E-state index in [0.29, 0.717) is 26.3 Å². The van der Waals surface area contributed by atoms with Crippen LogP contribution < -0.4 is 10.2 Å². The highest BCUT2D eigenvalue weighted by atomic mass is 16.5. The Kier molecular flexibility index (Phi) is 5.90. The summed E-state index contributed by atoms with van der Waals surface area (Å²) in [6, 6.07) is 14.0. The second-order valence-electron chi connectivity index (χ2n) is 7.11. The number of phenols is 1. The van der Waals surface area contributed by atoms with Gasteiger partial charge in [-0.2, -0.15) is 0 Å². The standard InChI is InChI=1S/C23H22N2O6/c26-19-8-6-16(25-10-12-30-13-11-25)14-18(19)21(27)24-22-17(23(28)29)7-9-20(31-22)15-4-2-1-3-5-15/h1-9,14,20,26H,10-13H2,(H,24,27)(H,28,29). The number of carbonyl (C=O) groups is 2. The van der Waals surface area contributed by atoms with E-state index in [0.717, 1.165) is 11.3 Å². The number of hydrogen-bond donors (Lipinski definition) is 3. The molecular formula is C23H22N2O6. The number of carboxylic acids is 1. The molecule has 2 heterocycles. The summed E-state index contributed by atoms with van der Waals surface area (Å²) in [5, 5.41) is 22.3. The van der Waals surface area contributed by atoms with Crippen molar-refractivity contribution in [2.75, 3.05) is 31.2 Å². The van der Waals surface area contributed by atoms with Crippen LogP contribution in [0.1, 0.15) is 22.0 Å². The Labute approximate surface area is 179 Å². The van der Waals surface area contributed by atoms with E-state index in [4.69, 9.17) is 9.47 Å². The van der Waals surface area contributed by atoms with Crippen molar-refractivity contribution in [1.82, 2.24) is 5.32 Å². The van der Waals surface area contributed by atoms with Crippen molar-refractivity contribution in [3.63, 3.8) is 0 Å². The van der Waals surface area contributed by atoms with Gasteiger partial charge in [-0.05, 0) is 35.9 Å². The van der Waals surface area contributed by atoms with Crippen molar-refractivity contribution in [1.29, 1.82) is 0 Å². The molecule has 0 spiro atoms. The Bertz CT molecular complexity index is 1040. The van der Waals surface area contributed by atoms with Gasteiger partial charge >= 0.3 is 5.97 Å². The lowest BCUT2D eigenvalue weighted by atomic mass is 10.1. The number of phenolic OH excluding ortho intramolecular Hbond substituents is 1. The Morgan fingerprint density at radius 1 is 1.06 bits per heavy atom. The van der Waals surface area contributed by atoms with Gasteiger partial charge in [0.25, 0.3) is 5.91 Å². The Hall–Kier alpha value is -3.78. The number of aliphatic carboxylic acids is 1. The van der Waals surface area contributed by atoms with Gasteiger partial charge in [0.05, 0.1) is 18.8 Å². The number of nitrogens with zero attached hydrogens (tertiary/aromatic N) is 1. The molecule has 1 saturated heterocycles. The van der Waals surface area contributed by atoms with Gasteiger partial charge in [0.2, 0.25) is 5.88 Å². The zero-order chi connectivity index (χ0) is 21.8. The van der Waals surface area contributed by atoms with Crippen molar-refractivity contribution in [3.05, 3.63) is 83.3 Å². The molecular weight excluding hydrogens is 400 g/mol. The maximum absolute atomic E-state index is 12.9. The fourth-order valence-corrected chi connectivity index (χ4v) is 3.47. The average molecular weight is 422 g/mol. The molecule has 2 aromatic carbocycles. The molecule has 2 aromatic rings. The van der Waals surface area contributed by atoms with Crippen molar-refractivity contribution in [2.24, 2.45) is 0 Å². The van der Waals surface area contributed by atoms with Crippen molar-refractivity contribution < 1.29 is 29.3 Å². The summed E-state index contributed by atoms with van der Waals surface area (Å²) in [5.74, 6) is -2.28. The molecule has 1 fully saturated rings. The van der Waals surface area contributed by atoms with Crippen LogP contribution in [0.15, 0.2) is 72.1 Å². The van der Waals surface area contributed by atoms with E-state index in [1.807, 2.05) is 35.2 Å². The average Bonchev–Trinajstić information content (AvgIpc) is 2.80. The number of rotatable bonds is 5. The number of nitrogens with one attached hydrogen (secondary N) is 1. The number of carbonyl (C=O) groups excluding carboxylic acids is 1. The summed E-state index contributed by atoms with van der Waals surface area (Å²) < 4.78 is 11.1. The van der Waals surface area contributed by atoms with Gasteiger partial charge < -0.3 is 24.6 Å². The number of carboxylic acid groups (broad SMARTS) is 1. The van der Waals surface area contributed by atoms with Gasteiger partial charge in [-0.1, -0.05) is 30.3 Å². The highest BCUT2D eigenvalue weighted by Crippen LogP contribution is 2.29. The summed E-state index contributed by atoms with van der Waals surface area (Å²) in [4.78, 5) is 26.6. The first kappa shape index (κ1) is 20.5. The Morgan fingerprint density at radius 3 is 2.52 bits per heavy atom. The molecule has 0 aliphatic carbocycles. The van der Waals surface area contributed by atoms with Crippen molar-refractivity contribution in [3.8, 4) is 5.75 Å². The second-order valence-corrected chi connectivity index (χ2v) is 7.11. The first-order chi connectivity index (χ1) is 15.0. The van der Waals surface area contributed by atoms with Crippen molar-refractivity contribution in [2.45, 2.75) is 6.10 Å². The van der Waals surface area contributed by atoms with E-state index in [1.54, 1.807) is 18.2 Å². The van der Waals surface area contributed by atoms with E-state index in [2.05, 4.69) is 5.32 Å². The van der Waals surface area contributed by atoms with Crippen LogP contribution in [0, 0.1) is 0 Å². The molecule has 8 heteroatoms. The van der Waals surface area contributed by atoms with Gasteiger partial charge in [-0.25, -0.2) is 4.79 Å². The Balaban J connectivity index is 1.58. The van der Waals surface area contributed by atoms with Gasteiger partial charge in [0.1, 0.15) is 17.4 Å². The minimum absolute atomic E-state index is 0.0237. The Morgan fingerprint density at radius 2 is 1.81 bits per heavy atom. The molecule has 0 aromatic heterocycles. The molecule has 8 nitrogen and oxygen atoms in total. The summed E-state index contributed by atoms with van der Waals surface area (Å²) >= 11 is 0. The highest BCUT2D eigenvalue weighted by molar-refractivity contribution is 6.00. The molecule has 0 radical (unpaired) electrons. The van der Waals surface area contributed by atoms with Crippen LogP contribution in [0.5, 0.6) is 5.75 Å². The van der Waals surface area contributed by atoms with Gasteiger partial charge in [0, 0.05) is 18.8 Å². The zero-order valence-electron chi connectivity index (χ0n) is 16.7. The largest absolute Gasteiger partial charge is 0.507 e. The van der Waals surface area contributed by atoms with Crippen LogP contribution in [0.3, 0.4) is 0 Å². The first-order valence-corrected chi connectivity index (χ1v) is 9.87. The van der Waals surface area contributed by atoms with E-state index < -0.39 is 18.0 Å². The van der Waals surface area contributed by atoms with Gasteiger partial charge in [-0.15, -0.1) is 0 Å². The third kappa shape index (κ3) is 4.54. The maximum Gasteiger partial charge on any atom is 0.341 e. The van der Waals surface area contributed by atoms with Crippen LogP contribution in [0.4, 0.5) is 5.69 Å². The van der Waals surface area contributed by atoms with Crippen molar-refractivity contribution >= 4 is 17.6 Å². The molecule has 1 amide bonds. The number of morpholine rings is 1. The van der Waals surface area contributed by atoms with Gasteiger partial charge in [0.15, 0.2) is 0 Å². The molecule has 2 aliphatic heterocycles. The van der Waals surface area contributed by atoms with Crippen LogP contribution in [-0.4, -0.2) is 48.4 Å². The zero-order valence-corrected chi connectivity index (χ0v) is 16.7. The van der Waals surface area contributed by atoms with Crippen LogP contribution in [0.25, 0.3) is 0 Å². The van der Waals surface area contributed by atoms with Crippen LogP contribution in [0.2, 0.25) is 0 Å². The van der Waals surface area contributed by atoms with Crippen LogP contribution >= 0.6 is 0 Å². The molecule has 1 unspecified atom stereocenters. The summed E-state index contributed by atoms with van der Waals surface area (Å²) in [5.41, 5.74) is 1.43. The predicted octanol–water partition coefficient (Wildman–Crippen LogP) is 2.58. The lowest BCUT2D eigenvalue weighted by Crippen LogP contribution is -2.36. The molecule has 1 atom stereocenters. The molecule has 0 bridgehead atoms. The second kappa shape index (κ2) is 8.93. The fourth-order valence-electron chi connectivity index (χ4n) is 3.47. The van der Waals surface area contributed by atoms with E-state index in [1.165, 1.54) is 12.1 Å². The molecule has 160 valence electrons. The lowest BCUT2D eigenvalue weighted by molar-refractivity contribution is -0.132. The van der Waals surface area contributed by atoms with Crippen LogP contribution in [-0.2, 0) is 14.3 Å². The van der Waals surface area contributed by atoms with E-state index in [-0.39, 0.29) is 22.8 Å². The number of hydrogen-bond acceptors (Lipinski definition) is 6. The molecule has 3 N–H and O–H groups in total. The monoisotopic (exact) mass is 422 g/mol. The number of aromatic hydroxyl groups is 1. The third-order valence-electron chi connectivity index (χ3n) is 5.11. The highest BCUT2D eigenvalue weighted by Gasteiger charge is 2.26. The summed E-state index contributed by atoms with van der Waals surface area (Å²) in [6.07, 6.45) is 2.47. The van der Waals surface area contributed by atoms with E-state index in [9.17, 15) is 19.8 Å². The number of ether oxygens (including phenoxy) is 2. The normalized spacial score (nSPS) is 18.5. The fraction of sp³-hybridized carbons (Fsp3) is 0.217. The number of benzene rings is 2. The van der Waals surface area contributed by atoms with E-state index >= 15 is 0 Å². The first-order valence-electron chi connectivity index (χ1n) is 9.87. The number of anilines is 1. The smallest absolute Gasteiger partial charge is 0.341 e. The quantitative estimate of drug-likeness (QED) is 0.680. The van der Waals surface area contributed by atoms with Gasteiger partial charge in [-0.3, -0.25) is 10.1 Å². The third-order valence-corrected chi connectivity index (χ3v) is 5.11. The SMILES string of the molecule is O=C(O)C1=C(NC(=O)c2cc(N3CCOCC3)ccc2O)OC(c2ccccc2)C=C1. The minimum Gasteiger partial charge on any atom is -0.507 e. The predicted molar refractivity (Wildman–Crippen MR) is 113 cm³/mol. The molecule has 31 heavy (non-hydrogen) atoms.